The van der Waals surface area contributed by atoms with Gasteiger partial charge < -0.3 is 5.32 Å². The first-order valence-corrected chi connectivity index (χ1v) is 10.8. The molecule has 1 aliphatic carbocycles. The number of nitrogens with one attached hydrogen (secondary N) is 1. The number of aromatic nitrogens is 4. The van der Waals surface area contributed by atoms with Gasteiger partial charge in [0.25, 0.3) is 0 Å². The second-order valence-corrected chi connectivity index (χ2v) is 8.60. The van der Waals surface area contributed by atoms with E-state index in [9.17, 15) is 4.79 Å². The van der Waals surface area contributed by atoms with E-state index in [1.54, 1.807) is 12.5 Å². The van der Waals surface area contributed by atoms with Crippen LogP contribution in [0.4, 0.5) is 0 Å². The second kappa shape index (κ2) is 9.39. The van der Waals surface area contributed by atoms with Crippen LogP contribution in [0, 0.1) is 6.92 Å². The molecule has 1 unspecified atom stereocenters. The van der Waals surface area contributed by atoms with Gasteiger partial charge in [0.2, 0.25) is 5.91 Å². The van der Waals surface area contributed by atoms with Gasteiger partial charge in [-0.25, -0.2) is 9.97 Å². The number of hydrogen-bond donors (Lipinski definition) is 1. The van der Waals surface area contributed by atoms with Crippen LogP contribution < -0.4 is 5.32 Å². The Morgan fingerprint density at radius 3 is 2.68 bits per heavy atom. The first-order valence-electron chi connectivity index (χ1n) is 10.8. The Bertz CT molecular complexity index is 1010. The van der Waals surface area contributed by atoms with Crippen molar-refractivity contribution in [3.63, 3.8) is 0 Å². The third-order valence-corrected chi connectivity index (χ3v) is 6.02. The molecule has 1 saturated carbocycles. The van der Waals surface area contributed by atoms with E-state index in [-0.39, 0.29) is 18.0 Å². The zero-order valence-electron chi connectivity index (χ0n) is 18.4. The van der Waals surface area contributed by atoms with Crippen molar-refractivity contribution < 1.29 is 4.79 Å². The molecular formula is C24H30N6O. The van der Waals surface area contributed by atoms with Gasteiger partial charge in [0, 0.05) is 24.0 Å². The molecule has 0 aliphatic heterocycles. The summed E-state index contributed by atoms with van der Waals surface area (Å²) in [5.74, 6) is 0.0733. The smallest absolute Gasteiger partial charge is 0.242 e. The summed E-state index contributed by atoms with van der Waals surface area (Å²) >= 11 is 0. The SMILES string of the molecule is Cc1cccc(C(C(=O)NC2CCC(n3cc(-c4ccncn4)cn3)CC2)N(C)C)c1. The lowest BCUT2D eigenvalue weighted by molar-refractivity contribution is -0.126. The minimum Gasteiger partial charge on any atom is -0.352 e. The Labute approximate surface area is 183 Å². The van der Waals surface area contributed by atoms with E-state index >= 15 is 0 Å². The van der Waals surface area contributed by atoms with E-state index in [1.165, 1.54) is 5.56 Å². The van der Waals surface area contributed by atoms with Crippen LogP contribution in [0.25, 0.3) is 11.3 Å². The van der Waals surface area contributed by atoms with E-state index in [2.05, 4.69) is 45.6 Å². The number of carbonyl (C=O) groups is 1. The highest BCUT2D eigenvalue weighted by molar-refractivity contribution is 5.83. The summed E-state index contributed by atoms with van der Waals surface area (Å²) in [7, 11) is 3.91. The molecule has 1 atom stereocenters. The summed E-state index contributed by atoms with van der Waals surface area (Å²) in [6.45, 7) is 2.06. The summed E-state index contributed by atoms with van der Waals surface area (Å²) < 4.78 is 2.05. The van der Waals surface area contributed by atoms with Crippen LogP contribution in [0.1, 0.15) is 48.9 Å². The average Bonchev–Trinajstić information content (AvgIpc) is 3.25. The van der Waals surface area contributed by atoms with Gasteiger partial charge in [0.1, 0.15) is 12.4 Å². The molecule has 0 radical (unpaired) electrons. The van der Waals surface area contributed by atoms with Gasteiger partial charge in [-0.15, -0.1) is 0 Å². The van der Waals surface area contributed by atoms with Crippen molar-refractivity contribution in [2.75, 3.05) is 14.1 Å². The van der Waals surface area contributed by atoms with E-state index in [1.807, 2.05) is 48.1 Å². The molecule has 2 heterocycles. The summed E-state index contributed by atoms with van der Waals surface area (Å²) in [4.78, 5) is 23.3. The number of aryl methyl sites for hydroxylation is 1. The lowest BCUT2D eigenvalue weighted by Crippen LogP contribution is -2.44. The Morgan fingerprint density at radius 2 is 2.00 bits per heavy atom. The number of nitrogens with zero attached hydrogens (tertiary/aromatic N) is 5. The van der Waals surface area contributed by atoms with Crippen LogP contribution in [-0.4, -0.2) is 50.7 Å². The molecule has 7 heteroatoms. The van der Waals surface area contributed by atoms with Crippen LogP contribution >= 0.6 is 0 Å². The summed E-state index contributed by atoms with van der Waals surface area (Å²) in [5.41, 5.74) is 4.08. The lowest BCUT2D eigenvalue weighted by atomic mass is 9.90. The van der Waals surface area contributed by atoms with Crippen LogP contribution in [0.5, 0.6) is 0 Å². The Kier molecular flexibility index (Phi) is 6.42. The molecule has 1 amide bonds. The van der Waals surface area contributed by atoms with Gasteiger partial charge in [-0.3, -0.25) is 14.4 Å². The molecule has 0 bridgehead atoms. The van der Waals surface area contributed by atoms with E-state index in [0.29, 0.717) is 6.04 Å². The molecule has 1 fully saturated rings. The minimum absolute atomic E-state index is 0.0733. The van der Waals surface area contributed by atoms with Crippen molar-refractivity contribution in [3.8, 4) is 11.3 Å². The number of amides is 1. The minimum atomic E-state index is -0.279. The first-order chi connectivity index (χ1) is 15.0. The normalized spacial score (nSPS) is 19.9. The largest absolute Gasteiger partial charge is 0.352 e. The molecule has 1 N–H and O–H groups in total. The predicted molar refractivity (Wildman–Crippen MR) is 120 cm³/mol. The van der Waals surface area contributed by atoms with Crippen molar-refractivity contribution >= 4 is 5.91 Å². The van der Waals surface area contributed by atoms with Crippen LogP contribution in [0.3, 0.4) is 0 Å². The third-order valence-electron chi connectivity index (χ3n) is 6.02. The summed E-state index contributed by atoms with van der Waals surface area (Å²) in [6, 6.07) is 10.4. The van der Waals surface area contributed by atoms with Crippen molar-refractivity contribution in [1.29, 1.82) is 0 Å². The molecule has 162 valence electrons. The van der Waals surface area contributed by atoms with E-state index < -0.39 is 0 Å². The van der Waals surface area contributed by atoms with Crippen LogP contribution in [0.15, 0.2) is 55.2 Å². The fraction of sp³-hybridized carbons (Fsp3) is 0.417. The molecule has 3 aromatic rings. The Morgan fingerprint density at radius 1 is 1.19 bits per heavy atom. The number of carbonyl (C=O) groups excluding carboxylic acids is 1. The summed E-state index contributed by atoms with van der Waals surface area (Å²) in [5, 5.41) is 7.86. The maximum absolute atomic E-state index is 13.1. The van der Waals surface area contributed by atoms with Gasteiger partial charge in [-0.05, 0) is 58.3 Å². The lowest BCUT2D eigenvalue weighted by Gasteiger charge is -2.32. The quantitative estimate of drug-likeness (QED) is 0.663. The molecule has 31 heavy (non-hydrogen) atoms. The Balaban J connectivity index is 1.35. The maximum Gasteiger partial charge on any atom is 0.242 e. The van der Waals surface area contributed by atoms with Gasteiger partial charge >= 0.3 is 0 Å². The summed E-state index contributed by atoms with van der Waals surface area (Å²) in [6.07, 6.45) is 11.1. The van der Waals surface area contributed by atoms with Crippen molar-refractivity contribution in [1.82, 2.24) is 30.0 Å². The Hall–Kier alpha value is -3.06. The van der Waals surface area contributed by atoms with Crippen molar-refractivity contribution in [2.45, 2.75) is 50.7 Å². The highest BCUT2D eigenvalue weighted by Crippen LogP contribution is 2.30. The zero-order valence-corrected chi connectivity index (χ0v) is 18.4. The van der Waals surface area contributed by atoms with Gasteiger partial charge in [-0.1, -0.05) is 29.8 Å². The van der Waals surface area contributed by atoms with E-state index in [0.717, 1.165) is 42.5 Å². The fourth-order valence-electron chi connectivity index (χ4n) is 4.42. The maximum atomic E-state index is 13.1. The number of likely N-dealkylation sites (N-methyl/N-ethyl adjacent to an activating group) is 1. The van der Waals surface area contributed by atoms with Crippen LogP contribution in [-0.2, 0) is 4.79 Å². The van der Waals surface area contributed by atoms with Crippen molar-refractivity contribution in [2.24, 2.45) is 0 Å². The van der Waals surface area contributed by atoms with Crippen LogP contribution in [0.2, 0.25) is 0 Å². The fourth-order valence-corrected chi connectivity index (χ4v) is 4.42. The topological polar surface area (TPSA) is 75.9 Å². The van der Waals surface area contributed by atoms with Gasteiger partial charge in [0.15, 0.2) is 0 Å². The second-order valence-electron chi connectivity index (χ2n) is 8.60. The molecule has 0 spiro atoms. The van der Waals surface area contributed by atoms with Gasteiger partial charge in [-0.2, -0.15) is 5.10 Å². The third kappa shape index (κ3) is 4.99. The number of hydrogen-bond acceptors (Lipinski definition) is 5. The molecular weight excluding hydrogens is 388 g/mol. The van der Waals surface area contributed by atoms with Crippen molar-refractivity contribution in [3.05, 3.63) is 66.4 Å². The highest BCUT2D eigenvalue weighted by Gasteiger charge is 2.28. The molecule has 1 aliphatic rings. The standard InChI is InChI=1S/C24H30N6O/c1-17-5-4-6-18(13-17)23(29(2)3)24(31)28-20-7-9-21(10-8-20)30-15-19(14-27-30)22-11-12-25-16-26-22/h4-6,11-16,20-21,23H,7-10H2,1-3H3,(H,28,31). The molecule has 7 nitrogen and oxygen atoms in total. The van der Waals surface area contributed by atoms with E-state index in [4.69, 9.17) is 0 Å². The molecule has 4 rings (SSSR count). The predicted octanol–water partition coefficient (Wildman–Crippen LogP) is 3.55. The molecule has 2 aromatic heterocycles. The monoisotopic (exact) mass is 418 g/mol. The molecule has 1 aromatic carbocycles. The first kappa shape index (κ1) is 21.2. The zero-order chi connectivity index (χ0) is 21.8. The number of rotatable bonds is 6. The van der Waals surface area contributed by atoms with Gasteiger partial charge in [0.05, 0.1) is 17.9 Å². The highest BCUT2D eigenvalue weighted by atomic mass is 16.2. The average molecular weight is 419 g/mol. The molecule has 0 saturated heterocycles. The number of benzene rings is 1.